The molecule has 1 aromatic heterocycles. The van der Waals surface area contributed by atoms with Crippen LogP contribution in [0.4, 0.5) is 4.39 Å². The minimum atomic E-state index is -0.438. The molecule has 0 aliphatic carbocycles. The molecule has 0 aliphatic heterocycles. The van der Waals surface area contributed by atoms with Crippen LogP contribution in [-0.2, 0) is 11.2 Å². The summed E-state index contributed by atoms with van der Waals surface area (Å²) in [6, 6.07) is 13.9. The first-order chi connectivity index (χ1) is 13.6. The second-order valence-electron chi connectivity index (χ2n) is 6.00. The number of rotatable bonds is 8. The summed E-state index contributed by atoms with van der Waals surface area (Å²) in [5.74, 6) is 0.316. The molecule has 6 nitrogen and oxygen atoms in total. The van der Waals surface area contributed by atoms with Crippen LogP contribution in [0.1, 0.15) is 12.5 Å². The molecule has 0 bridgehead atoms. The zero-order chi connectivity index (χ0) is 19.9. The molecule has 0 aliphatic rings. The fourth-order valence-electron chi connectivity index (χ4n) is 2.47. The molecule has 28 heavy (non-hydrogen) atoms. The molecule has 8 heteroatoms. The molecule has 0 saturated heterocycles. The van der Waals surface area contributed by atoms with Crippen LogP contribution < -0.4 is 10.1 Å². The molecule has 1 amide bonds. The summed E-state index contributed by atoms with van der Waals surface area (Å²) in [6.07, 6.45) is 0.713. The Morgan fingerprint density at radius 3 is 2.68 bits per heavy atom. The van der Waals surface area contributed by atoms with Crippen molar-refractivity contribution in [3.8, 4) is 17.2 Å². The smallest absolute Gasteiger partial charge is 0.277 e. The van der Waals surface area contributed by atoms with Gasteiger partial charge in [0.05, 0.1) is 17.9 Å². The number of hydrogen-bond donors (Lipinski definition) is 1. The van der Waals surface area contributed by atoms with Gasteiger partial charge in [0.2, 0.25) is 5.91 Å². The molecule has 146 valence electrons. The predicted molar refractivity (Wildman–Crippen MR) is 105 cm³/mol. The SMILES string of the molecule is COc1ccc(CCNC(=O)[C@@H](C)Sc2nnc(-c3ccccc3F)o2)cc1. The highest BCUT2D eigenvalue weighted by atomic mass is 32.2. The Labute approximate surface area is 166 Å². The van der Waals surface area contributed by atoms with E-state index in [1.165, 1.54) is 6.07 Å². The Hall–Kier alpha value is -2.87. The first-order valence-corrected chi connectivity index (χ1v) is 9.60. The fourth-order valence-corrected chi connectivity index (χ4v) is 3.18. The molecule has 0 radical (unpaired) electrons. The number of carbonyl (C=O) groups excluding carboxylic acids is 1. The number of benzene rings is 2. The lowest BCUT2D eigenvalue weighted by atomic mass is 10.1. The van der Waals surface area contributed by atoms with Crippen LogP contribution in [-0.4, -0.2) is 35.0 Å². The van der Waals surface area contributed by atoms with Crippen LogP contribution in [0.2, 0.25) is 0 Å². The summed E-state index contributed by atoms with van der Waals surface area (Å²) < 4.78 is 24.4. The first kappa shape index (κ1) is 19.9. The molecular formula is C20H20FN3O3S. The highest BCUT2D eigenvalue weighted by Crippen LogP contribution is 2.27. The Morgan fingerprint density at radius 1 is 1.21 bits per heavy atom. The van der Waals surface area contributed by atoms with E-state index in [0.717, 1.165) is 23.1 Å². The van der Waals surface area contributed by atoms with Crippen LogP contribution in [0.25, 0.3) is 11.5 Å². The van der Waals surface area contributed by atoms with Crippen LogP contribution in [0.15, 0.2) is 58.2 Å². The number of aromatic nitrogens is 2. The summed E-state index contributed by atoms with van der Waals surface area (Å²) in [5.41, 5.74) is 1.34. The van der Waals surface area contributed by atoms with Crippen molar-refractivity contribution in [1.82, 2.24) is 15.5 Å². The zero-order valence-corrected chi connectivity index (χ0v) is 16.3. The van der Waals surface area contributed by atoms with Gasteiger partial charge in [-0.05, 0) is 43.2 Å². The van der Waals surface area contributed by atoms with Crippen LogP contribution in [0, 0.1) is 5.82 Å². The molecule has 1 atom stereocenters. The monoisotopic (exact) mass is 401 g/mol. The third-order valence-electron chi connectivity index (χ3n) is 4.03. The van der Waals surface area contributed by atoms with E-state index >= 15 is 0 Å². The van der Waals surface area contributed by atoms with Gasteiger partial charge in [0.25, 0.3) is 11.1 Å². The minimum absolute atomic E-state index is 0.0905. The lowest BCUT2D eigenvalue weighted by Gasteiger charge is -2.10. The Morgan fingerprint density at radius 2 is 1.96 bits per heavy atom. The van der Waals surface area contributed by atoms with E-state index in [2.05, 4.69) is 15.5 Å². The number of nitrogens with zero attached hydrogens (tertiary/aromatic N) is 2. The van der Waals surface area contributed by atoms with Crippen LogP contribution in [0.3, 0.4) is 0 Å². The number of amides is 1. The summed E-state index contributed by atoms with van der Waals surface area (Å²) in [6.45, 7) is 2.26. The predicted octanol–water partition coefficient (Wildman–Crippen LogP) is 3.72. The first-order valence-electron chi connectivity index (χ1n) is 8.72. The number of nitrogens with one attached hydrogen (secondary N) is 1. The van der Waals surface area contributed by atoms with Gasteiger partial charge in [-0.25, -0.2) is 4.39 Å². The topological polar surface area (TPSA) is 77.2 Å². The van der Waals surface area contributed by atoms with Gasteiger partial charge in [-0.15, -0.1) is 10.2 Å². The summed E-state index contributed by atoms with van der Waals surface area (Å²) in [5, 5.41) is 10.4. The quantitative estimate of drug-likeness (QED) is 0.580. The Bertz CT molecular complexity index is 930. The molecular weight excluding hydrogens is 381 g/mol. The van der Waals surface area contributed by atoms with Gasteiger partial charge >= 0.3 is 0 Å². The summed E-state index contributed by atoms with van der Waals surface area (Å²) >= 11 is 1.13. The Balaban J connectivity index is 1.49. The molecule has 2 aromatic carbocycles. The van der Waals surface area contributed by atoms with Crippen LogP contribution >= 0.6 is 11.8 Å². The number of hydrogen-bond acceptors (Lipinski definition) is 6. The van der Waals surface area contributed by atoms with E-state index < -0.39 is 11.1 Å². The molecule has 1 N–H and O–H groups in total. The number of carbonyl (C=O) groups is 1. The molecule has 0 fully saturated rings. The van der Waals surface area contributed by atoms with E-state index in [1.54, 1.807) is 32.2 Å². The molecule has 0 unspecified atom stereocenters. The van der Waals surface area contributed by atoms with Gasteiger partial charge in [-0.3, -0.25) is 4.79 Å². The lowest BCUT2D eigenvalue weighted by Crippen LogP contribution is -2.32. The molecule has 3 rings (SSSR count). The highest BCUT2D eigenvalue weighted by Gasteiger charge is 2.19. The zero-order valence-electron chi connectivity index (χ0n) is 15.5. The maximum atomic E-state index is 13.8. The maximum Gasteiger partial charge on any atom is 0.277 e. The highest BCUT2D eigenvalue weighted by molar-refractivity contribution is 8.00. The third-order valence-corrected chi connectivity index (χ3v) is 4.96. The van der Waals surface area contributed by atoms with E-state index in [9.17, 15) is 9.18 Å². The third kappa shape index (κ3) is 5.10. The lowest BCUT2D eigenvalue weighted by molar-refractivity contribution is -0.120. The van der Waals surface area contributed by atoms with Crippen molar-refractivity contribution in [2.24, 2.45) is 0 Å². The van der Waals surface area contributed by atoms with E-state index in [0.29, 0.717) is 13.0 Å². The summed E-state index contributed by atoms with van der Waals surface area (Å²) in [7, 11) is 1.62. The van der Waals surface area contributed by atoms with Crippen molar-refractivity contribution in [2.45, 2.75) is 23.8 Å². The minimum Gasteiger partial charge on any atom is -0.497 e. The number of halogens is 1. The molecule has 1 heterocycles. The van der Waals surface area contributed by atoms with Crippen molar-refractivity contribution in [3.63, 3.8) is 0 Å². The fraction of sp³-hybridized carbons (Fsp3) is 0.250. The average Bonchev–Trinajstić information content (AvgIpc) is 3.17. The number of methoxy groups -OCH3 is 1. The average molecular weight is 401 g/mol. The number of thioether (sulfide) groups is 1. The van der Waals surface area contributed by atoms with Crippen molar-refractivity contribution in [1.29, 1.82) is 0 Å². The van der Waals surface area contributed by atoms with Crippen molar-refractivity contribution >= 4 is 17.7 Å². The van der Waals surface area contributed by atoms with Crippen molar-refractivity contribution < 1.29 is 18.3 Å². The van der Waals surface area contributed by atoms with Gasteiger partial charge in [0.15, 0.2) is 0 Å². The van der Waals surface area contributed by atoms with Gasteiger partial charge < -0.3 is 14.5 Å². The second kappa shape index (κ2) is 9.36. The van der Waals surface area contributed by atoms with Gasteiger partial charge in [-0.2, -0.15) is 0 Å². The normalized spacial score (nSPS) is 11.8. The van der Waals surface area contributed by atoms with E-state index in [4.69, 9.17) is 9.15 Å². The van der Waals surface area contributed by atoms with Crippen LogP contribution in [0.5, 0.6) is 5.75 Å². The maximum absolute atomic E-state index is 13.8. The van der Waals surface area contributed by atoms with Crippen molar-refractivity contribution in [2.75, 3.05) is 13.7 Å². The standard InChI is InChI=1S/C20H20FN3O3S/c1-13(18(25)22-12-11-14-7-9-15(26-2)10-8-14)28-20-24-23-19(27-20)16-5-3-4-6-17(16)21/h3-10,13H,11-12H2,1-2H3,(H,22,25)/t13-/m1/s1. The summed E-state index contributed by atoms with van der Waals surface area (Å²) in [4.78, 5) is 12.3. The van der Waals surface area contributed by atoms with E-state index in [1.807, 2.05) is 24.3 Å². The van der Waals surface area contributed by atoms with Gasteiger partial charge in [0, 0.05) is 6.54 Å². The van der Waals surface area contributed by atoms with Gasteiger partial charge in [-0.1, -0.05) is 36.0 Å². The largest absolute Gasteiger partial charge is 0.497 e. The van der Waals surface area contributed by atoms with Gasteiger partial charge in [0.1, 0.15) is 11.6 Å². The second-order valence-corrected chi connectivity index (χ2v) is 7.29. The Kier molecular flexibility index (Phi) is 6.65. The molecule has 3 aromatic rings. The van der Waals surface area contributed by atoms with Crippen molar-refractivity contribution in [3.05, 3.63) is 59.9 Å². The molecule has 0 saturated carbocycles. The van der Waals surface area contributed by atoms with E-state index in [-0.39, 0.29) is 22.6 Å². The molecule has 0 spiro atoms. The number of ether oxygens (including phenoxy) is 1.